The molecule has 2 aromatic carbocycles. The SMILES string of the molecule is CCCCCCCC(O)OC(=N)C(=O)N(c1ccc(C(=O)O)cc1)c1ccc2c(c1)C(C)(C)CCC2(C)C. The summed E-state index contributed by atoms with van der Waals surface area (Å²) in [5.41, 5.74) is 3.35. The van der Waals surface area contributed by atoms with E-state index in [1.54, 1.807) is 12.1 Å². The van der Waals surface area contributed by atoms with Crippen molar-refractivity contribution in [2.75, 3.05) is 4.90 Å². The Bertz CT molecular complexity index is 1150. The topological polar surface area (TPSA) is 111 Å². The lowest BCUT2D eigenvalue weighted by Crippen LogP contribution is -2.37. The van der Waals surface area contributed by atoms with Crippen LogP contribution in [0.4, 0.5) is 11.4 Å². The smallest absolute Gasteiger partial charge is 0.335 e. The molecule has 206 valence electrons. The molecule has 0 aromatic heterocycles. The van der Waals surface area contributed by atoms with Gasteiger partial charge in [-0.1, -0.05) is 66.4 Å². The largest absolute Gasteiger partial charge is 0.478 e. The molecule has 0 radical (unpaired) electrons. The van der Waals surface area contributed by atoms with E-state index in [2.05, 4.69) is 34.6 Å². The zero-order valence-corrected chi connectivity index (χ0v) is 23.3. The summed E-state index contributed by atoms with van der Waals surface area (Å²) in [6.45, 7) is 11.0. The molecule has 3 rings (SSSR count). The Morgan fingerprint density at radius 1 is 0.921 bits per heavy atom. The molecule has 0 bridgehead atoms. The molecule has 3 N–H and O–H groups in total. The number of anilines is 2. The van der Waals surface area contributed by atoms with Crippen LogP contribution in [0.15, 0.2) is 42.5 Å². The third kappa shape index (κ3) is 6.81. The average Bonchev–Trinajstić information content (AvgIpc) is 2.87. The fourth-order valence-corrected chi connectivity index (χ4v) is 5.12. The number of nitrogens with zero attached hydrogens (tertiary/aromatic N) is 1. The Balaban J connectivity index is 1.93. The van der Waals surface area contributed by atoms with E-state index in [4.69, 9.17) is 10.1 Å². The maximum atomic E-state index is 13.6. The summed E-state index contributed by atoms with van der Waals surface area (Å²) in [7, 11) is 0. The number of unbranched alkanes of at least 4 members (excludes halogenated alkanes) is 4. The minimum absolute atomic E-state index is 0.00157. The zero-order valence-electron chi connectivity index (χ0n) is 23.3. The van der Waals surface area contributed by atoms with E-state index in [9.17, 15) is 19.8 Å². The van der Waals surface area contributed by atoms with Crippen LogP contribution in [-0.2, 0) is 20.4 Å². The standard InChI is InChI=1S/C31H42N2O5/c1-6-7-8-9-10-11-26(34)38-27(32)28(35)33(22-14-12-21(13-15-22)29(36)37)23-16-17-24-25(20-23)31(4,5)19-18-30(24,2)3/h12-17,20,26,32,34H,6-11,18-19H2,1-5H3,(H,36,37). The lowest BCUT2D eigenvalue weighted by molar-refractivity contribution is -0.116. The van der Waals surface area contributed by atoms with Gasteiger partial charge in [-0.2, -0.15) is 0 Å². The van der Waals surface area contributed by atoms with E-state index in [1.807, 2.05) is 18.2 Å². The van der Waals surface area contributed by atoms with Crippen LogP contribution in [-0.4, -0.2) is 34.3 Å². The molecule has 1 aliphatic rings. The Hall–Kier alpha value is -3.19. The zero-order chi connectivity index (χ0) is 28.1. The lowest BCUT2D eigenvalue weighted by Gasteiger charge is -2.42. The highest BCUT2D eigenvalue weighted by atomic mass is 16.6. The van der Waals surface area contributed by atoms with Gasteiger partial charge in [0.05, 0.1) is 5.56 Å². The molecule has 1 amide bonds. The minimum atomic E-state index is -1.24. The molecule has 2 aromatic rings. The molecule has 7 heteroatoms. The number of hydrogen-bond donors (Lipinski definition) is 3. The number of carboxylic acid groups (broad SMARTS) is 1. The van der Waals surface area contributed by atoms with Crippen LogP contribution in [0.5, 0.6) is 0 Å². The summed E-state index contributed by atoms with van der Waals surface area (Å²) in [6, 6.07) is 11.9. The summed E-state index contributed by atoms with van der Waals surface area (Å²) in [6.07, 6.45) is 6.20. The number of aromatic carboxylic acids is 1. The number of aliphatic hydroxyl groups excluding tert-OH is 1. The average molecular weight is 523 g/mol. The summed E-state index contributed by atoms with van der Waals surface area (Å²) < 4.78 is 5.34. The van der Waals surface area contributed by atoms with Gasteiger partial charge in [-0.05, 0) is 77.6 Å². The summed E-state index contributed by atoms with van der Waals surface area (Å²) in [4.78, 5) is 26.4. The normalized spacial score (nSPS) is 16.3. The van der Waals surface area contributed by atoms with Gasteiger partial charge in [0.25, 0.3) is 5.90 Å². The van der Waals surface area contributed by atoms with Crippen LogP contribution in [0, 0.1) is 5.41 Å². The van der Waals surface area contributed by atoms with Crippen molar-refractivity contribution in [3.05, 3.63) is 59.2 Å². The summed E-state index contributed by atoms with van der Waals surface area (Å²) >= 11 is 0. The van der Waals surface area contributed by atoms with Gasteiger partial charge in [-0.3, -0.25) is 15.1 Å². The molecule has 0 saturated heterocycles. The van der Waals surface area contributed by atoms with E-state index >= 15 is 0 Å². The van der Waals surface area contributed by atoms with E-state index < -0.39 is 24.1 Å². The molecule has 0 heterocycles. The van der Waals surface area contributed by atoms with Gasteiger partial charge >= 0.3 is 11.9 Å². The van der Waals surface area contributed by atoms with Gasteiger partial charge in [-0.25, -0.2) is 4.79 Å². The Kier molecular flexibility index (Phi) is 9.36. The van der Waals surface area contributed by atoms with Crippen LogP contribution in [0.3, 0.4) is 0 Å². The number of amides is 1. The molecular weight excluding hydrogens is 480 g/mol. The fourth-order valence-electron chi connectivity index (χ4n) is 5.12. The number of carbonyl (C=O) groups is 2. The third-order valence-electron chi connectivity index (χ3n) is 7.67. The van der Waals surface area contributed by atoms with Crippen LogP contribution >= 0.6 is 0 Å². The number of rotatable bonds is 10. The summed E-state index contributed by atoms with van der Waals surface area (Å²) in [5.74, 6) is -2.46. The van der Waals surface area contributed by atoms with Crippen molar-refractivity contribution in [2.24, 2.45) is 0 Å². The highest BCUT2D eigenvalue weighted by Crippen LogP contribution is 2.47. The molecule has 0 aliphatic heterocycles. The number of hydrogen-bond acceptors (Lipinski definition) is 5. The van der Waals surface area contributed by atoms with E-state index in [0.717, 1.165) is 50.5 Å². The number of aliphatic hydroxyl groups is 1. The molecule has 1 atom stereocenters. The predicted octanol–water partition coefficient (Wildman–Crippen LogP) is 7.07. The number of carboxylic acids is 1. The monoisotopic (exact) mass is 522 g/mol. The summed E-state index contributed by atoms with van der Waals surface area (Å²) in [5, 5.41) is 28.0. The van der Waals surface area contributed by atoms with Crippen LogP contribution in [0.25, 0.3) is 0 Å². The third-order valence-corrected chi connectivity index (χ3v) is 7.67. The first-order valence-electron chi connectivity index (χ1n) is 13.6. The number of nitrogens with one attached hydrogen (secondary N) is 1. The fraction of sp³-hybridized carbons (Fsp3) is 0.516. The minimum Gasteiger partial charge on any atom is -0.478 e. The first-order valence-corrected chi connectivity index (χ1v) is 13.6. The number of ether oxygens (including phenoxy) is 1. The molecule has 38 heavy (non-hydrogen) atoms. The number of fused-ring (bicyclic) bond motifs is 1. The van der Waals surface area contributed by atoms with Gasteiger partial charge in [0.1, 0.15) is 0 Å². The maximum absolute atomic E-state index is 13.6. The molecule has 7 nitrogen and oxygen atoms in total. The van der Waals surface area contributed by atoms with E-state index in [-0.39, 0.29) is 16.4 Å². The molecular formula is C31H42N2O5. The Labute approximate surface area is 226 Å². The molecule has 0 saturated carbocycles. The lowest BCUT2D eigenvalue weighted by atomic mass is 9.63. The van der Waals surface area contributed by atoms with Crippen LogP contribution < -0.4 is 4.90 Å². The molecule has 0 spiro atoms. The molecule has 1 unspecified atom stereocenters. The Morgan fingerprint density at radius 2 is 1.50 bits per heavy atom. The van der Waals surface area contributed by atoms with Gasteiger partial charge in [0.15, 0.2) is 6.29 Å². The second kappa shape index (κ2) is 12.1. The van der Waals surface area contributed by atoms with Crippen molar-refractivity contribution in [1.29, 1.82) is 5.41 Å². The van der Waals surface area contributed by atoms with Crippen molar-refractivity contribution < 1.29 is 24.5 Å². The van der Waals surface area contributed by atoms with Crippen molar-refractivity contribution in [2.45, 2.75) is 103 Å². The van der Waals surface area contributed by atoms with Gasteiger partial charge in [0.2, 0.25) is 0 Å². The predicted molar refractivity (Wildman–Crippen MR) is 150 cm³/mol. The van der Waals surface area contributed by atoms with Crippen LogP contribution in [0.2, 0.25) is 0 Å². The van der Waals surface area contributed by atoms with Gasteiger partial charge < -0.3 is 14.9 Å². The quantitative estimate of drug-likeness (QED) is 0.134. The molecule has 1 aliphatic carbocycles. The first-order chi connectivity index (χ1) is 17.9. The number of benzene rings is 2. The first kappa shape index (κ1) is 29.4. The van der Waals surface area contributed by atoms with Gasteiger partial charge in [0, 0.05) is 17.8 Å². The van der Waals surface area contributed by atoms with E-state index in [0.29, 0.717) is 17.8 Å². The highest BCUT2D eigenvalue weighted by Gasteiger charge is 2.38. The second-order valence-electron chi connectivity index (χ2n) is 11.6. The van der Waals surface area contributed by atoms with Crippen molar-refractivity contribution in [1.82, 2.24) is 0 Å². The van der Waals surface area contributed by atoms with Crippen LogP contribution in [0.1, 0.15) is 107 Å². The van der Waals surface area contributed by atoms with Gasteiger partial charge in [-0.15, -0.1) is 0 Å². The second-order valence-corrected chi connectivity index (χ2v) is 11.6. The van der Waals surface area contributed by atoms with Crippen molar-refractivity contribution in [3.8, 4) is 0 Å². The van der Waals surface area contributed by atoms with E-state index in [1.165, 1.54) is 22.6 Å². The maximum Gasteiger partial charge on any atom is 0.335 e. The molecule has 0 fully saturated rings. The Morgan fingerprint density at radius 3 is 2.11 bits per heavy atom. The number of carbonyl (C=O) groups excluding carboxylic acids is 1. The highest BCUT2D eigenvalue weighted by molar-refractivity contribution is 6.41. The van der Waals surface area contributed by atoms with Crippen molar-refractivity contribution in [3.63, 3.8) is 0 Å². The van der Waals surface area contributed by atoms with Crippen molar-refractivity contribution >= 4 is 29.1 Å².